The van der Waals surface area contributed by atoms with E-state index in [-0.39, 0.29) is 17.7 Å². The molecule has 0 unspecified atom stereocenters. The monoisotopic (exact) mass is 598 g/mol. The van der Waals surface area contributed by atoms with Crippen LogP contribution in [-0.4, -0.2) is 73.9 Å². The van der Waals surface area contributed by atoms with E-state index in [2.05, 4.69) is 30.3 Å². The largest absolute Gasteiger partial charge is 0.435 e. The summed E-state index contributed by atoms with van der Waals surface area (Å²) in [6, 6.07) is 15.0. The Morgan fingerprint density at radius 2 is 1.61 bits per heavy atom. The number of fused-ring (bicyclic) bond motifs is 1. The normalized spacial score (nSPS) is 13.3. The van der Waals surface area contributed by atoms with Gasteiger partial charge in [-0.25, -0.2) is 14.8 Å². The van der Waals surface area contributed by atoms with Gasteiger partial charge in [0.1, 0.15) is 17.1 Å². The molecule has 1 fully saturated rings. The van der Waals surface area contributed by atoms with E-state index in [1.54, 1.807) is 71.1 Å². The number of benzene rings is 2. The number of alkyl halides is 2. The molecule has 0 saturated carbocycles. The van der Waals surface area contributed by atoms with Crippen LogP contribution in [0, 0.1) is 6.92 Å². The number of aromatic nitrogens is 4. The minimum absolute atomic E-state index is 0.0672. The van der Waals surface area contributed by atoms with Crippen molar-refractivity contribution in [3.05, 3.63) is 96.7 Å². The van der Waals surface area contributed by atoms with Gasteiger partial charge in [-0.1, -0.05) is 0 Å². The Kier molecular flexibility index (Phi) is 8.00. The van der Waals surface area contributed by atoms with E-state index < -0.39 is 6.61 Å². The SMILES string of the molecule is Cc1cc(Nc2nccn3c(-c4ccc(OC(F)F)cc4)ncc23)ccc1C(=O)N1CCN(C(=O)Nc2ccncc2)CC1. The van der Waals surface area contributed by atoms with Crippen LogP contribution in [-0.2, 0) is 0 Å². The van der Waals surface area contributed by atoms with Gasteiger partial charge in [-0.05, 0) is 67.1 Å². The number of carbonyl (C=O) groups excluding carboxylic acids is 2. The molecule has 2 N–H and O–H groups in total. The molecular weight excluding hydrogens is 570 g/mol. The van der Waals surface area contributed by atoms with Crippen molar-refractivity contribution in [1.29, 1.82) is 0 Å². The zero-order valence-corrected chi connectivity index (χ0v) is 23.7. The molecule has 0 spiro atoms. The molecule has 2 aromatic carbocycles. The number of pyridine rings is 1. The summed E-state index contributed by atoms with van der Waals surface area (Å²) in [6.45, 7) is 0.704. The summed E-state index contributed by atoms with van der Waals surface area (Å²) in [5, 5.41) is 6.16. The third-order valence-corrected chi connectivity index (χ3v) is 7.30. The quantitative estimate of drug-likeness (QED) is 0.256. The fourth-order valence-corrected chi connectivity index (χ4v) is 5.06. The van der Waals surface area contributed by atoms with Crippen LogP contribution in [0.15, 0.2) is 85.6 Å². The predicted molar refractivity (Wildman–Crippen MR) is 160 cm³/mol. The van der Waals surface area contributed by atoms with Crippen LogP contribution in [0.5, 0.6) is 5.75 Å². The maximum Gasteiger partial charge on any atom is 0.387 e. The van der Waals surface area contributed by atoms with Gasteiger partial charge in [0, 0.05) is 73.5 Å². The highest BCUT2D eigenvalue weighted by molar-refractivity contribution is 5.96. The molecular formula is C31H28F2N8O3. The van der Waals surface area contributed by atoms with Gasteiger partial charge in [0.15, 0.2) is 5.82 Å². The van der Waals surface area contributed by atoms with E-state index in [1.165, 1.54) is 12.1 Å². The van der Waals surface area contributed by atoms with Crippen molar-refractivity contribution in [3.8, 4) is 17.1 Å². The lowest BCUT2D eigenvalue weighted by Crippen LogP contribution is -2.51. The van der Waals surface area contributed by atoms with Gasteiger partial charge in [-0.3, -0.25) is 14.2 Å². The number of rotatable bonds is 7. The second-order valence-corrected chi connectivity index (χ2v) is 10.1. The molecule has 0 atom stereocenters. The predicted octanol–water partition coefficient (Wildman–Crippen LogP) is 5.43. The molecule has 0 bridgehead atoms. The van der Waals surface area contributed by atoms with E-state index in [4.69, 9.17) is 0 Å². The molecule has 3 amide bonds. The van der Waals surface area contributed by atoms with Crippen LogP contribution in [0.25, 0.3) is 16.9 Å². The Labute approximate surface area is 251 Å². The van der Waals surface area contributed by atoms with Crippen LogP contribution in [0.3, 0.4) is 0 Å². The number of halogens is 2. The van der Waals surface area contributed by atoms with Gasteiger partial charge in [0.2, 0.25) is 0 Å². The number of hydrogen-bond donors (Lipinski definition) is 2. The molecule has 4 heterocycles. The molecule has 224 valence electrons. The van der Waals surface area contributed by atoms with Crippen LogP contribution in [0.2, 0.25) is 0 Å². The maximum absolute atomic E-state index is 13.4. The minimum Gasteiger partial charge on any atom is -0.435 e. The van der Waals surface area contributed by atoms with Gasteiger partial charge >= 0.3 is 12.6 Å². The average molecular weight is 599 g/mol. The molecule has 6 rings (SSSR count). The second kappa shape index (κ2) is 12.3. The summed E-state index contributed by atoms with van der Waals surface area (Å²) in [7, 11) is 0. The van der Waals surface area contributed by atoms with Gasteiger partial charge in [0.25, 0.3) is 5.91 Å². The molecule has 5 aromatic rings. The lowest BCUT2D eigenvalue weighted by atomic mass is 10.1. The maximum atomic E-state index is 13.4. The summed E-state index contributed by atoms with van der Waals surface area (Å²) in [5.74, 6) is 1.15. The van der Waals surface area contributed by atoms with E-state index >= 15 is 0 Å². The smallest absolute Gasteiger partial charge is 0.387 e. The lowest BCUT2D eigenvalue weighted by molar-refractivity contribution is -0.0498. The number of piperazine rings is 1. The molecule has 13 heteroatoms. The summed E-state index contributed by atoms with van der Waals surface area (Å²) in [5.41, 5.74) is 4.22. The van der Waals surface area contributed by atoms with Gasteiger partial charge in [-0.2, -0.15) is 8.78 Å². The molecule has 1 aliphatic rings. The Morgan fingerprint density at radius 3 is 2.32 bits per heavy atom. The lowest BCUT2D eigenvalue weighted by Gasteiger charge is -2.35. The summed E-state index contributed by atoms with van der Waals surface area (Å²) >= 11 is 0. The summed E-state index contributed by atoms with van der Waals surface area (Å²) in [4.78, 5) is 42.3. The molecule has 0 radical (unpaired) electrons. The number of imidazole rings is 1. The van der Waals surface area contributed by atoms with Crippen molar-refractivity contribution >= 4 is 34.6 Å². The Morgan fingerprint density at radius 1 is 0.886 bits per heavy atom. The fraction of sp³-hybridized carbons (Fsp3) is 0.194. The number of hydrogen-bond acceptors (Lipinski definition) is 7. The van der Waals surface area contributed by atoms with Crippen molar-refractivity contribution in [2.75, 3.05) is 36.8 Å². The molecule has 0 aliphatic carbocycles. The van der Waals surface area contributed by atoms with E-state index in [0.717, 1.165) is 16.8 Å². The van der Waals surface area contributed by atoms with Crippen molar-refractivity contribution in [1.82, 2.24) is 29.2 Å². The van der Waals surface area contributed by atoms with Crippen molar-refractivity contribution < 1.29 is 23.1 Å². The summed E-state index contributed by atoms with van der Waals surface area (Å²) < 4.78 is 31.3. The first kappa shape index (κ1) is 28.5. The van der Waals surface area contributed by atoms with E-state index in [1.807, 2.05) is 23.5 Å². The zero-order chi connectivity index (χ0) is 30.6. The zero-order valence-electron chi connectivity index (χ0n) is 23.7. The number of nitrogens with one attached hydrogen (secondary N) is 2. The number of amides is 3. The first-order valence-electron chi connectivity index (χ1n) is 13.9. The average Bonchev–Trinajstić information content (AvgIpc) is 3.47. The highest BCUT2D eigenvalue weighted by Crippen LogP contribution is 2.28. The number of urea groups is 1. The highest BCUT2D eigenvalue weighted by atomic mass is 19.3. The van der Waals surface area contributed by atoms with Gasteiger partial charge < -0.3 is 25.2 Å². The third kappa shape index (κ3) is 6.11. The van der Waals surface area contributed by atoms with Crippen molar-refractivity contribution in [2.24, 2.45) is 0 Å². The van der Waals surface area contributed by atoms with Gasteiger partial charge in [0.05, 0.1) is 6.20 Å². The van der Waals surface area contributed by atoms with Crippen LogP contribution in [0.4, 0.5) is 30.8 Å². The van der Waals surface area contributed by atoms with Crippen molar-refractivity contribution in [3.63, 3.8) is 0 Å². The number of anilines is 3. The van der Waals surface area contributed by atoms with E-state index in [9.17, 15) is 18.4 Å². The first-order valence-corrected chi connectivity index (χ1v) is 13.9. The second-order valence-electron chi connectivity index (χ2n) is 10.1. The first-order chi connectivity index (χ1) is 21.4. The Hall–Kier alpha value is -5.59. The number of carbonyl (C=O) groups is 2. The topological polar surface area (TPSA) is 117 Å². The Bertz CT molecular complexity index is 1790. The van der Waals surface area contributed by atoms with E-state index in [0.29, 0.717) is 54.6 Å². The van der Waals surface area contributed by atoms with Crippen LogP contribution in [0.1, 0.15) is 15.9 Å². The fourth-order valence-electron chi connectivity index (χ4n) is 5.06. The minimum atomic E-state index is -2.89. The standard InChI is InChI=1S/C31H28F2N8O3/c1-20-18-23(4-7-25(20)29(42)39-14-16-40(17-15-39)31(43)38-22-8-10-34-11-9-22)37-27-26-19-36-28(41(26)13-12-35-27)21-2-5-24(6-3-21)44-30(32)33/h2-13,18-19,30H,14-17H2,1H3,(H,35,37)(H,34,38,43). The summed E-state index contributed by atoms with van der Waals surface area (Å²) in [6.07, 6.45) is 8.30. The highest BCUT2D eigenvalue weighted by Gasteiger charge is 2.26. The number of ether oxygens (including phenoxy) is 1. The molecule has 11 nitrogen and oxygen atoms in total. The molecule has 44 heavy (non-hydrogen) atoms. The van der Waals surface area contributed by atoms with Crippen LogP contribution >= 0.6 is 0 Å². The van der Waals surface area contributed by atoms with Crippen molar-refractivity contribution in [2.45, 2.75) is 13.5 Å². The third-order valence-electron chi connectivity index (χ3n) is 7.30. The molecule has 1 aliphatic heterocycles. The molecule has 1 saturated heterocycles. The molecule has 3 aromatic heterocycles. The van der Waals surface area contributed by atoms with Crippen LogP contribution < -0.4 is 15.4 Å². The number of aryl methyl sites for hydroxylation is 1. The Balaban J connectivity index is 1.11. The van der Waals surface area contributed by atoms with Gasteiger partial charge in [-0.15, -0.1) is 0 Å². The number of nitrogens with zero attached hydrogens (tertiary/aromatic N) is 6.